The average Bonchev–Trinajstić information content (AvgIpc) is 3.02. The third-order valence-electron chi connectivity index (χ3n) is 3.67. The van der Waals surface area contributed by atoms with Gasteiger partial charge in [-0.3, -0.25) is 4.99 Å². The van der Waals surface area contributed by atoms with Gasteiger partial charge in [0.1, 0.15) is 0 Å². The van der Waals surface area contributed by atoms with Crippen molar-refractivity contribution < 1.29 is 4.74 Å². The van der Waals surface area contributed by atoms with Crippen molar-refractivity contribution >= 4 is 29.1 Å². The van der Waals surface area contributed by atoms with Crippen molar-refractivity contribution in [2.45, 2.75) is 31.1 Å². The molecule has 0 radical (unpaired) electrons. The lowest BCUT2D eigenvalue weighted by molar-refractivity contribution is 0.0782. The molecule has 0 aromatic carbocycles. The van der Waals surface area contributed by atoms with Crippen LogP contribution in [0.4, 0.5) is 0 Å². The first kappa shape index (κ1) is 16.6. The van der Waals surface area contributed by atoms with E-state index in [2.05, 4.69) is 40.1 Å². The molecule has 0 spiro atoms. The van der Waals surface area contributed by atoms with E-state index in [-0.39, 0.29) is 4.75 Å². The minimum absolute atomic E-state index is 0.285. The lowest BCUT2D eigenvalue weighted by Gasteiger charge is -2.37. The summed E-state index contributed by atoms with van der Waals surface area (Å²) in [6.07, 6.45) is 2.22. The first-order valence-electron chi connectivity index (χ1n) is 7.46. The number of guanidine groups is 1. The zero-order chi connectivity index (χ0) is 15.0. The van der Waals surface area contributed by atoms with Crippen LogP contribution in [0, 0.1) is 0 Å². The number of ether oxygens (including phenoxy) is 1. The van der Waals surface area contributed by atoms with Crippen molar-refractivity contribution in [3.63, 3.8) is 0 Å². The quantitative estimate of drug-likeness (QED) is 0.623. The number of nitrogens with one attached hydrogen (secondary N) is 2. The molecule has 1 aliphatic rings. The van der Waals surface area contributed by atoms with E-state index in [9.17, 15) is 0 Å². The van der Waals surface area contributed by atoms with Crippen molar-refractivity contribution in [1.82, 2.24) is 10.6 Å². The van der Waals surface area contributed by atoms with E-state index in [0.717, 1.165) is 50.9 Å². The topological polar surface area (TPSA) is 45.7 Å². The highest BCUT2D eigenvalue weighted by molar-refractivity contribution is 8.00. The Balaban J connectivity index is 1.83. The van der Waals surface area contributed by atoms with Crippen LogP contribution in [-0.2, 0) is 11.3 Å². The summed E-state index contributed by atoms with van der Waals surface area (Å²) in [4.78, 5) is 5.64. The molecule has 0 bridgehead atoms. The average molecular weight is 328 g/mol. The summed E-state index contributed by atoms with van der Waals surface area (Å²) in [7, 11) is 1.83. The molecule has 6 heteroatoms. The lowest BCUT2D eigenvalue weighted by Crippen LogP contribution is -2.47. The first-order chi connectivity index (χ1) is 10.3. The SMILES string of the molecule is CCSC1(CNC(=NC)NCc2cccs2)CCOCC1. The fraction of sp³-hybridized carbons (Fsp3) is 0.667. The Hall–Kier alpha value is -0.720. The van der Waals surface area contributed by atoms with Gasteiger partial charge in [0.15, 0.2) is 5.96 Å². The summed E-state index contributed by atoms with van der Waals surface area (Å²) < 4.78 is 5.80. The third-order valence-corrected chi connectivity index (χ3v) is 6.00. The van der Waals surface area contributed by atoms with Crippen LogP contribution in [0.3, 0.4) is 0 Å². The van der Waals surface area contributed by atoms with Gasteiger partial charge >= 0.3 is 0 Å². The van der Waals surface area contributed by atoms with Crippen LogP contribution in [0.25, 0.3) is 0 Å². The van der Waals surface area contributed by atoms with Crippen molar-refractivity contribution in [2.75, 3.05) is 32.6 Å². The van der Waals surface area contributed by atoms with Crippen LogP contribution in [-0.4, -0.2) is 43.3 Å². The van der Waals surface area contributed by atoms with E-state index in [0.29, 0.717) is 0 Å². The van der Waals surface area contributed by atoms with E-state index in [1.54, 1.807) is 11.3 Å². The van der Waals surface area contributed by atoms with Gasteiger partial charge in [-0.25, -0.2) is 0 Å². The molecule has 0 atom stereocenters. The Labute approximate surface area is 135 Å². The Bertz CT molecular complexity index is 423. The maximum atomic E-state index is 5.52. The zero-order valence-corrected chi connectivity index (χ0v) is 14.5. The fourth-order valence-corrected chi connectivity index (χ4v) is 4.36. The van der Waals surface area contributed by atoms with Crippen molar-refractivity contribution in [3.8, 4) is 0 Å². The molecule has 4 nitrogen and oxygen atoms in total. The van der Waals surface area contributed by atoms with E-state index in [1.807, 2.05) is 18.8 Å². The van der Waals surface area contributed by atoms with Gasteiger partial charge in [-0.05, 0) is 30.0 Å². The number of thioether (sulfide) groups is 1. The molecule has 1 aromatic rings. The molecule has 1 aromatic heterocycles. The summed E-state index contributed by atoms with van der Waals surface area (Å²) in [6, 6.07) is 4.21. The van der Waals surface area contributed by atoms with Crippen molar-refractivity contribution in [1.29, 1.82) is 0 Å². The number of hydrogen-bond donors (Lipinski definition) is 2. The second-order valence-corrected chi connectivity index (χ2v) is 7.85. The number of rotatable bonds is 6. The molecule has 0 saturated carbocycles. The van der Waals surface area contributed by atoms with Gasteiger partial charge in [-0.1, -0.05) is 13.0 Å². The van der Waals surface area contributed by atoms with Gasteiger partial charge in [0.25, 0.3) is 0 Å². The predicted molar refractivity (Wildman–Crippen MR) is 93.4 cm³/mol. The van der Waals surface area contributed by atoms with Crippen LogP contribution in [0.5, 0.6) is 0 Å². The molecule has 2 N–H and O–H groups in total. The normalized spacial score (nSPS) is 18.5. The highest BCUT2D eigenvalue weighted by Gasteiger charge is 2.32. The highest BCUT2D eigenvalue weighted by atomic mass is 32.2. The van der Waals surface area contributed by atoms with Gasteiger partial charge in [0, 0.05) is 36.4 Å². The smallest absolute Gasteiger partial charge is 0.191 e. The van der Waals surface area contributed by atoms with Crippen LogP contribution in [0.2, 0.25) is 0 Å². The van der Waals surface area contributed by atoms with Crippen molar-refractivity contribution in [2.24, 2.45) is 4.99 Å². The van der Waals surface area contributed by atoms with Gasteiger partial charge in [-0.2, -0.15) is 11.8 Å². The summed E-state index contributed by atoms with van der Waals surface area (Å²) >= 11 is 3.81. The highest BCUT2D eigenvalue weighted by Crippen LogP contribution is 2.34. The number of hydrogen-bond acceptors (Lipinski definition) is 4. The molecule has 1 fully saturated rings. The molecular formula is C15H25N3OS2. The predicted octanol–water partition coefficient (Wildman–Crippen LogP) is 2.72. The Morgan fingerprint density at radius 2 is 2.24 bits per heavy atom. The second-order valence-electron chi connectivity index (χ2n) is 5.09. The summed E-state index contributed by atoms with van der Waals surface area (Å²) in [5.74, 6) is 2.02. The summed E-state index contributed by atoms with van der Waals surface area (Å²) in [5, 5.41) is 8.97. The van der Waals surface area contributed by atoms with Crippen LogP contribution >= 0.6 is 23.1 Å². The van der Waals surface area contributed by atoms with Gasteiger partial charge in [0.05, 0.1) is 6.54 Å². The van der Waals surface area contributed by atoms with E-state index in [1.165, 1.54) is 4.88 Å². The maximum absolute atomic E-state index is 5.52. The number of aliphatic imine (C=N–C) groups is 1. The Kier molecular flexibility index (Phi) is 6.86. The molecule has 2 heterocycles. The summed E-state index contributed by atoms with van der Waals surface area (Å²) in [6.45, 7) is 5.74. The Morgan fingerprint density at radius 3 is 2.86 bits per heavy atom. The van der Waals surface area contributed by atoms with Crippen LogP contribution in [0.1, 0.15) is 24.6 Å². The van der Waals surface area contributed by atoms with Crippen LogP contribution < -0.4 is 10.6 Å². The Morgan fingerprint density at radius 1 is 1.43 bits per heavy atom. The lowest BCUT2D eigenvalue weighted by atomic mass is 9.99. The number of nitrogens with zero attached hydrogens (tertiary/aromatic N) is 1. The van der Waals surface area contributed by atoms with Gasteiger partial charge < -0.3 is 15.4 Å². The van der Waals surface area contributed by atoms with Crippen LogP contribution in [0.15, 0.2) is 22.5 Å². The maximum Gasteiger partial charge on any atom is 0.191 e. The molecule has 1 saturated heterocycles. The monoisotopic (exact) mass is 327 g/mol. The standard InChI is InChI=1S/C15H25N3OS2/c1-3-21-15(6-8-19-9-7-15)12-18-14(16-2)17-11-13-5-4-10-20-13/h4-5,10H,3,6-9,11-12H2,1-2H3,(H2,16,17,18). The summed E-state index contributed by atoms with van der Waals surface area (Å²) in [5.41, 5.74) is 0. The van der Waals surface area contributed by atoms with Crippen molar-refractivity contribution in [3.05, 3.63) is 22.4 Å². The van der Waals surface area contributed by atoms with Gasteiger partial charge in [0.2, 0.25) is 0 Å². The van der Waals surface area contributed by atoms with E-state index < -0.39 is 0 Å². The van der Waals surface area contributed by atoms with E-state index >= 15 is 0 Å². The molecular weight excluding hydrogens is 302 g/mol. The number of thiophene rings is 1. The van der Waals surface area contributed by atoms with Gasteiger partial charge in [-0.15, -0.1) is 11.3 Å². The largest absolute Gasteiger partial charge is 0.381 e. The fourth-order valence-electron chi connectivity index (χ4n) is 2.47. The van der Waals surface area contributed by atoms with E-state index in [4.69, 9.17) is 4.74 Å². The molecule has 0 aliphatic carbocycles. The third kappa shape index (κ3) is 5.20. The molecule has 21 heavy (non-hydrogen) atoms. The first-order valence-corrected chi connectivity index (χ1v) is 9.33. The minimum atomic E-state index is 0.285. The molecule has 0 amide bonds. The second kappa shape index (κ2) is 8.66. The molecule has 2 rings (SSSR count). The molecule has 0 unspecified atom stereocenters. The minimum Gasteiger partial charge on any atom is -0.381 e. The zero-order valence-electron chi connectivity index (χ0n) is 12.9. The molecule has 1 aliphatic heterocycles. The molecule has 118 valence electrons.